The molecule has 4 nitrogen and oxygen atoms in total. The van der Waals surface area contributed by atoms with E-state index in [9.17, 15) is 5.26 Å². The molecule has 0 radical (unpaired) electrons. The average molecular weight is 863 g/mol. The Hall–Kier alpha value is -9.22. The van der Waals surface area contributed by atoms with Crippen molar-refractivity contribution in [3.8, 4) is 39.4 Å². The van der Waals surface area contributed by atoms with E-state index in [1.54, 1.807) is 0 Å². The first-order valence-corrected chi connectivity index (χ1v) is 23.1. The topological polar surface area (TPSA) is 34.6 Å². The van der Waals surface area contributed by atoms with Gasteiger partial charge in [0.25, 0.3) is 0 Å². The monoisotopic (exact) mass is 862 g/mol. The van der Waals surface area contributed by atoms with Crippen LogP contribution in [0.2, 0.25) is 0 Å². The van der Waals surface area contributed by atoms with Gasteiger partial charge in [0.05, 0.1) is 51.8 Å². The molecule has 2 heterocycles. The lowest BCUT2D eigenvalue weighted by Crippen LogP contribution is -2.36. The summed E-state index contributed by atoms with van der Waals surface area (Å²) in [6.45, 7) is 8.62. The molecular formula is C64H38N4. The molecule has 2 aliphatic heterocycles. The van der Waals surface area contributed by atoms with E-state index in [1.165, 1.54) is 66.8 Å². The lowest BCUT2D eigenvalue weighted by atomic mass is 9.64. The predicted molar refractivity (Wildman–Crippen MR) is 274 cm³/mol. The Morgan fingerprint density at radius 1 is 0.338 bits per heavy atom. The smallest absolute Gasteiger partial charge is 0.197 e. The SMILES string of the molecule is [C-]#[N+]c1cc(N2c3ccccc3C3(c4ccccc4-c4ccccc43)c3ccccc32)ccc1-c1ccc(N2c3ccccc3C3(c4ccccc4-c4ccccc43)c3ccccc32)cc1C#N. The maximum Gasteiger partial charge on any atom is 0.197 e. The zero-order chi connectivity index (χ0) is 45.1. The lowest BCUT2D eigenvalue weighted by molar-refractivity contribution is 0.752. The summed E-state index contributed by atoms with van der Waals surface area (Å²) in [6, 6.07) is 85.0. The molecule has 0 fully saturated rings. The van der Waals surface area contributed by atoms with Gasteiger partial charge in [-0.1, -0.05) is 182 Å². The van der Waals surface area contributed by atoms with Gasteiger partial charge in [-0.3, -0.25) is 0 Å². The van der Waals surface area contributed by atoms with Crippen molar-refractivity contribution in [2.24, 2.45) is 0 Å². The summed E-state index contributed by atoms with van der Waals surface area (Å²) in [5.41, 5.74) is 22.3. The van der Waals surface area contributed by atoms with Gasteiger partial charge in [0.15, 0.2) is 5.69 Å². The average Bonchev–Trinajstić information content (AvgIpc) is 3.87. The van der Waals surface area contributed by atoms with Crippen LogP contribution in [-0.2, 0) is 10.8 Å². The molecule has 0 saturated carbocycles. The number of hydrogen-bond acceptors (Lipinski definition) is 3. The fourth-order valence-electron chi connectivity index (χ4n) is 12.7. The highest BCUT2D eigenvalue weighted by Crippen LogP contribution is 2.65. The van der Waals surface area contributed by atoms with Gasteiger partial charge in [0.1, 0.15) is 0 Å². The van der Waals surface area contributed by atoms with Crippen LogP contribution in [0.5, 0.6) is 0 Å². The van der Waals surface area contributed by atoms with E-state index in [0.29, 0.717) is 11.3 Å². The van der Waals surface area contributed by atoms with Crippen molar-refractivity contribution >= 4 is 39.8 Å². The van der Waals surface area contributed by atoms with Gasteiger partial charge >= 0.3 is 0 Å². The minimum Gasteiger partial charge on any atom is -0.311 e. The molecule has 10 aromatic rings. The Morgan fingerprint density at radius 2 is 0.647 bits per heavy atom. The zero-order valence-corrected chi connectivity index (χ0v) is 36.7. The number of fused-ring (bicyclic) bond motifs is 18. The van der Waals surface area contributed by atoms with E-state index in [2.05, 4.69) is 227 Å². The van der Waals surface area contributed by atoms with Gasteiger partial charge in [-0.05, 0) is 126 Å². The van der Waals surface area contributed by atoms with Crippen LogP contribution in [0.1, 0.15) is 50.1 Å². The van der Waals surface area contributed by atoms with Gasteiger partial charge in [-0.15, -0.1) is 0 Å². The van der Waals surface area contributed by atoms with Crippen LogP contribution in [0.3, 0.4) is 0 Å². The molecule has 0 N–H and O–H groups in total. The molecule has 2 spiro atoms. The Bertz CT molecular complexity index is 3440. The van der Waals surface area contributed by atoms with Crippen LogP contribution in [-0.4, -0.2) is 0 Å². The second-order valence-corrected chi connectivity index (χ2v) is 18.1. The fourth-order valence-corrected chi connectivity index (χ4v) is 12.7. The molecule has 0 unspecified atom stereocenters. The Morgan fingerprint density at radius 3 is 1.00 bits per heavy atom. The summed E-state index contributed by atoms with van der Waals surface area (Å²) in [7, 11) is 0. The van der Waals surface area contributed by atoms with Crippen molar-refractivity contribution in [2.45, 2.75) is 10.8 Å². The highest BCUT2D eigenvalue weighted by Gasteiger charge is 2.53. The zero-order valence-electron chi connectivity index (χ0n) is 36.7. The van der Waals surface area contributed by atoms with Crippen LogP contribution in [0.15, 0.2) is 231 Å². The number of benzene rings is 10. The molecule has 14 rings (SSSR count). The Balaban J connectivity index is 0.901. The van der Waals surface area contributed by atoms with Gasteiger partial charge in [0.2, 0.25) is 0 Å². The number of nitrogens with zero attached hydrogens (tertiary/aromatic N) is 4. The second-order valence-electron chi connectivity index (χ2n) is 18.1. The van der Waals surface area contributed by atoms with Crippen LogP contribution in [0, 0.1) is 17.9 Å². The van der Waals surface area contributed by atoms with Crippen molar-refractivity contribution in [1.29, 1.82) is 5.26 Å². The first kappa shape index (κ1) is 38.1. The third-order valence-electron chi connectivity index (χ3n) is 15.1. The van der Waals surface area contributed by atoms with E-state index in [0.717, 1.165) is 45.3 Å². The first-order chi connectivity index (χ1) is 33.7. The molecule has 0 aromatic heterocycles. The molecule has 0 amide bonds. The number of hydrogen-bond donors (Lipinski definition) is 0. The minimum absolute atomic E-state index is 0.479. The van der Waals surface area contributed by atoms with Crippen LogP contribution in [0.4, 0.5) is 39.8 Å². The van der Waals surface area contributed by atoms with Gasteiger partial charge in [-0.25, -0.2) is 4.85 Å². The predicted octanol–water partition coefficient (Wildman–Crippen LogP) is 16.1. The number of nitriles is 1. The van der Waals surface area contributed by atoms with Crippen molar-refractivity contribution < 1.29 is 0 Å². The largest absolute Gasteiger partial charge is 0.311 e. The van der Waals surface area contributed by atoms with Crippen LogP contribution in [0.25, 0.3) is 38.2 Å². The van der Waals surface area contributed by atoms with E-state index >= 15 is 0 Å². The van der Waals surface area contributed by atoms with E-state index in [-0.39, 0.29) is 0 Å². The molecule has 4 aliphatic rings. The standard InChI is InChI=1S/C64H38N4/c1-66-58-39-43(68-61-32-16-12-28-56(61)64(57-29-13-17-33-62(57)68)52-24-8-4-20-47(52)48-21-5-9-25-53(48)64)35-37-49(58)44-36-34-42(38-41(44)40-65)67-59-30-14-10-26-54(59)63(55-27-11-15-31-60(55)67)50-22-6-2-18-45(50)46-19-3-7-23-51(46)63/h2-39H. The van der Waals surface area contributed by atoms with E-state index < -0.39 is 10.8 Å². The quantitative estimate of drug-likeness (QED) is 0.166. The minimum atomic E-state index is -0.525. The summed E-state index contributed by atoms with van der Waals surface area (Å²) in [4.78, 5) is 8.79. The normalized spacial score (nSPS) is 14.3. The van der Waals surface area contributed by atoms with Crippen LogP contribution < -0.4 is 9.80 Å². The third-order valence-corrected chi connectivity index (χ3v) is 15.1. The summed E-state index contributed by atoms with van der Waals surface area (Å²) < 4.78 is 0. The summed E-state index contributed by atoms with van der Waals surface area (Å²) >= 11 is 0. The highest BCUT2D eigenvalue weighted by atomic mass is 15.2. The molecule has 4 heteroatoms. The van der Waals surface area contributed by atoms with Gasteiger partial charge in [0, 0.05) is 11.4 Å². The van der Waals surface area contributed by atoms with E-state index in [1.807, 2.05) is 24.3 Å². The number of rotatable bonds is 3. The van der Waals surface area contributed by atoms with Crippen LogP contribution >= 0.6 is 0 Å². The summed E-state index contributed by atoms with van der Waals surface area (Å²) in [5.74, 6) is 0. The Kier molecular flexibility index (Phi) is 7.92. The summed E-state index contributed by atoms with van der Waals surface area (Å²) in [6.07, 6.45) is 0. The first-order valence-electron chi connectivity index (χ1n) is 23.1. The molecule has 314 valence electrons. The van der Waals surface area contributed by atoms with Gasteiger partial charge in [-0.2, -0.15) is 5.26 Å². The Labute approximate surface area is 395 Å². The fraction of sp³-hybridized carbons (Fsp3) is 0.0312. The number of anilines is 6. The van der Waals surface area contributed by atoms with Gasteiger partial charge < -0.3 is 9.80 Å². The molecule has 10 aromatic carbocycles. The van der Waals surface area contributed by atoms with Crippen molar-refractivity contribution in [3.05, 3.63) is 292 Å². The van der Waals surface area contributed by atoms with Crippen molar-refractivity contribution in [1.82, 2.24) is 0 Å². The molecule has 2 aliphatic carbocycles. The van der Waals surface area contributed by atoms with E-state index in [4.69, 9.17) is 6.57 Å². The molecule has 0 saturated heterocycles. The molecule has 0 bridgehead atoms. The molecule has 68 heavy (non-hydrogen) atoms. The number of para-hydroxylation sites is 4. The maximum absolute atomic E-state index is 11.0. The summed E-state index contributed by atoms with van der Waals surface area (Å²) in [5, 5.41) is 11.0. The maximum atomic E-state index is 11.0. The third kappa shape index (κ3) is 4.75. The van der Waals surface area contributed by atoms with Crippen molar-refractivity contribution in [2.75, 3.05) is 9.80 Å². The van der Waals surface area contributed by atoms with Crippen molar-refractivity contribution in [3.63, 3.8) is 0 Å². The lowest BCUT2D eigenvalue weighted by Gasteiger charge is -2.45. The second kappa shape index (κ2) is 14.1. The molecular weight excluding hydrogens is 825 g/mol. The highest BCUT2D eigenvalue weighted by molar-refractivity contribution is 5.99. The molecule has 0 atom stereocenters.